The van der Waals surface area contributed by atoms with Crippen LogP contribution in [0.15, 0.2) is 103 Å². The quantitative estimate of drug-likeness (QED) is 0.171. The number of aliphatic carboxylic acids is 1. The molecule has 1 heterocycles. The molecular weight excluding hydrogens is 568 g/mol. The Labute approximate surface area is 264 Å². The van der Waals surface area contributed by atoms with E-state index in [1.807, 2.05) is 78.9 Å². The number of carboxylic acid groups (broad SMARTS) is 1. The first-order chi connectivity index (χ1) is 21.9. The van der Waals surface area contributed by atoms with E-state index < -0.39 is 12.3 Å². The van der Waals surface area contributed by atoms with Crippen molar-refractivity contribution < 1.29 is 29.3 Å². The Hall–Kier alpha value is -4.34. The summed E-state index contributed by atoms with van der Waals surface area (Å²) < 4.78 is 13.1. The summed E-state index contributed by atoms with van der Waals surface area (Å²) in [6.45, 7) is 1.90. The third kappa shape index (κ3) is 9.33. The zero-order valence-corrected chi connectivity index (χ0v) is 25.5. The largest absolute Gasteiger partial charge is 0.481 e. The predicted octanol–water partition coefficient (Wildman–Crippen LogP) is 6.00. The molecule has 1 aliphatic rings. The van der Waals surface area contributed by atoms with Gasteiger partial charge in [-0.3, -0.25) is 14.5 Å². The van der Waals surface area contributed by atoms with Crippen LogP contribution >= 0.6 is 0 Å². The van der Waals surface area contributed by atoms with E-state index in [1.54, 1.807) is 0 Å². The van der Waals surface area contributed by atoms with Crippen molar-refractivity contribution in [1.82, 2.24) is 10.2 Å². The number of nitrogens with one attached hydrogen (secondary N) is 1. The molecule has 0 aromatic heterocycles. The summed E-state index contributed by atoms with van der Waals surface area (Å²) in [5.74, 6) is -1.27. The molecule has 1 saturated heterocycles. The number of carbonyl (C=O) groups excluding carboxylic acids is 1. The van der Waals surface area contributed by atoms with Crippen LogP contribution in [0.25, 0.3) is 11.1 Å². The van der Waals surface area contributed by atoms with Crippen LogP contribution in [0.5, 0.6) is 0 Å². The number of amides is 1. The molecule has 0 aliphatic carbocycles. The molecule has 0 spiro atoms. The second-order valence-electron chi connectivity index (χ2n) is 11.5. The Kier molecular flexibility index (Phi) is 11.1. The van der Waals surface area contributed by atoms with Crippen molar-refractivity contribution in [1.29, 1.82) is 0 Å². The maximum atomic E-state index is 12.0. The first-order valence-electron chi connectivity index (χ1n) is 15.3. The highest BCUT2D eigenvalue weighted by atomic mass is 16.7. The SMILES string of the molecule is CN(Cc1ccccc1)C[C@@H]1C[C@H](c2ccc(CO)cc2)O[C@H](c2ccc(-c3cccc(CNC(=O)CCC(=O)O)c3)cc2)O1. The van der Waals surface area contributed by atoms with Gasteiger partial charge in [0.2, 0.25) is 5.91 Å². The molecule has 0 saturated carbocycles. The molecule has 234 valence electrons. The smallest absolute Gasteiger partial charge is 0.303 e. The summed E-state index contributed by atoms with van der Waals surface area (Å²) in [5.41, 5.74) is 7.04. The lowest BCUT2D eigenvalue weighted by atomic mass is 9.99. The third-order valence-electron chi connectivity index (χ3n) is 7.92. The number of likely N-dealkylation sites (N-methyl/N-ethyl adjacent to an activating group) is 1. The predicted molar refractivity (Wildman–Crippen MR) is 172 cm³/mol. The van der Waals surface area contributed by atoms with Gasteiger partial charge in [-0.05, 0) is 46.5 Å². The van der Waals surface area contributed by atoms with Crippen molar-refractivity contribution in [3.05, 3.63) is 131 Å². The molecule has 4 aromatic carbocycles. The number of rotatable bonds is 13. The number of aliphatic hydroxyl groups is 1. The second-order valence-corrected chi connectivity index (χ2v) is 11.5. The standard InChI is InChI=1S/C37H40N2O6/c1-39(23-26-6-3-2-4-7-26)24-33-21-34(30-12-10-27(25-40)11-13-30)45-37(44-33)31-16-14-29(15-17-31)32-9-5-8-28(20-32)22-38-35(41)18-19-36(42)43/h2-17,20,33-34,37,40H,18-19,21-25H2,1H3,(H,38,41)(H,42,43)/t33-,34+,37+/m0/s1. The molecule has 3 N–H and O–H groups in total. The van der Waals surface area contributed by atoms with E-state index in [0.29, 0.717) is 13.0 Å². The molecule has 4 aromatic rings. The van der Waals surface area contributed by atoms with Crippen molar-refractivity contribution in [2.45, 2.75) is 57.5 Å². The fourth-order valence-corrected chi connectivity index (χ4v) is 5.54. The van der Waals surface area contributed by atoms with Crippen molar-refractivity contribution >= 4 is 11.9 Å². The van der Waals surface area contributed by atoms with Crippen molar-refractivity contribution in [3.8, 4) is 11.1 Å². The molecule has 1 fully saturated rings. The Morgan fingerprint density at radius 3 is 2.22 bits per heavy atom. The average Bonchev–Trinajstić information content (AvgIpc) is 3.07. The van der Waals surface area contributed by atoms with Gasteiger partial charge in [-0.15, -0.1) is 0 Å². The van der Waals surface area contributed by atoms with Gasteiger partial charge in [0.05, 0.1) is 25.2 Å². The van der Waals surface area contributed by atoms with Crippen LogP contribution in [0, 0.1) is 0 Å². The highest BCUT2D eigenvalue weighted by Crippen LogP contribution is 2.38. The number of aliphatic hydroxyl groups excluding tert-OH is 1. The van der Waals surface area contributed by atoms with Crippen LogP contribution in [-0.2, 0) is 38.8 Å². The Morgan fingerprint density at radius 2 is 1.51 bits per heavy atom. The maximum Gasteiger partial charge on any atom is 0.303 e. The van der Waals surface area contributed by atoms with Gasteiger partial charge in [0, 0.05) is 38.0 Å². The summed E-state index contributed by atoms with van der Waals surface area (Å²) in [5, 5.41) is 21.1. The normalized spacial score (nSPS) is 18.1. The van der Waals surface area contributed by atoms with Gasteiger partial charge in [0.1, 0.15) is 0 Å². The Bertz CT molecular complexity index is 1540. The fraction of sp³-hybridized carbons (Fsp3) is 0.297. The zero-order valence-electron chi connectivity index (χ0n) is 25.5. The topological polar surface area (TPSA) is 108 Å². The van der Waals surface area contributed by atoms with Crippen molar-refractivity contribution in [2.75, 3.05) is 13.6 Å². The minimum absolute atomic E-state index is 0.00112. The van der Waals surface area contributed by atoms with Gasteiger partial charge in [0.15, 0.2) is 6.29 Å². The summed E-state index contributed by atoms with van der Waals surface area (Å²) >= 11 is 0. The van der Waals surface area contributed by atoms with Gasteiger partial charge in [-0.1, -0.05) is 97.1 Å². The highest BCUT2D eigenvalue weighted by molar-refractivity contribution is 5.80. The first kappa shape index (κ1) is 32.1. The van der Waals surface area contributed by atoms with Gasteiger partial charge < -0.3 is 25.0 Å². The number of hydrogen-bond acceptors (Lipinski definition) is 6. The lowest BCUT2D eigenvalue weighted by Crippen LogP contribution is -2.37. The van der Waals surface area contributed by atoms with E-state index in [4.69, 9.17) is 14.6 Å². The average molecular weight is 609 g/mol. The molecule has 1 aliphatic heterocycles. The van der Waals surface area contributed by atoms with Gasteiger partial charge in [-0.2, -0.15) is 0 Å². The summed E-state index contributed by atoms with van der Waals surface area (Å²) in [6.07, 6.45) is -0.269. The molecule has 0 bridgehead atoms. The Morgan fingerprint density at radius 1 is 0.800 bits per heavy atom. The van der Waals surface area contributed by atoms with Gasteiger partial charge in [0.25, 0.3) is 0 Å². The van der Waals surface area contributed by atoms with Crippen molar-refractivity contribution in [3.63, 3.8) is 0 Å². The van der Waals surface area contributed by atoms with Crippen LogP contribution in [0.4, 0.5) is 0 Å². The summed E-state index contributed by atoms with van der Waals surface area (Å²) in [6, 6.07) is 34.4. The van der Waals surface area contributed by atoms with E-state index in [1.165, 1.54) is 5.56 Å². The van der Waals surface area contributed by atoms with Crippen LogP contribution in [0.1, 0.15) is 59.5 Å². The molecule has 8 heteroatoms. The number of benzene rings is 4. The minimum atomic E-state index is -0.988. The van der Waals surface area contributed by atoms with Crippen LogP contribution in [-0.4, -0.2) is 46.7 Å². The second kappa shape index (κ2) is 15.6. The number of hydrogen-bond donors (Lipinski definition) is 3. The number of nitrogens with zero attached hydrogens (tertiary/aromatic N) is 1. The van der Waals surface area contributed by atoms with Crippen LogP contribution < -0.4 is 5.32 Å². The third-order valence-corrected chi connectivity index (χ3v) is 7.92. The molecule has 45 heavy (non-hydrogen) atoms. The fourth-order valence-electron chi connectivity index (χ4n) is 5.54. The summed E-state index contributed by atoms with van der Waals surface area (Å²) in [4.78, 5) is 25.0. The first-order valence-corrected chi connectivity index (χ1v) is 15.3. The lowest BCUT2D eigenvalue weighted by molar-refractivity contribution is -0.252. The molecule has 3 atom stereocenters. The minimum Gasteiger partial charge on any atom is -0.481 e. The number of ether oxygens (including phenoxy) is 2. The van der Waals surface area contributed by atoms with Crippen LogP contribution in [0.2, 0.25) is 0 Å². The van der Waals surface area contributed by atoms with E-state index in [0.717, 1.165) is 46.5 Å². The molecule has 5 rings (SSSR count). The lowest BCUT2D eigenvalue weighted by Gasteiger charge is -2.38. The highest BCUT2D eigenvalue weighted by Gasteiger charge is 2.32. The van der Waals surface area contributed by atoms with Crippen molar-refractivity contribution in [2.24, 2.45) is 0 Å². The van der Waals surface area contributed by atoms with E-state index in [-0.39, 0.29) is 37.6 Å². The molecule has 8 nitrogen and oxygen atoms in total. The van der Waals surface area contributed by atoms with Gasteiger partial charge >= 0.3 is 5.97 Å². The maximum absolute atomic E-state index is 12.0. The molecule has 1 amide bonds. The zero-order chi connectivity index (χ0) is 31.6. The monoisotopic (exact) mass is 608 g/mol. The summed E-state index contributed by atoms with van der Waals surface area (Å²) in [7, 11) is 2.11. The molecule has 0 radical (unpaired) electrons. The van der Waals surface area contributed by atoms with Gasteiger partial charge in [-0.25, -0.2) is 0 Å². The van der Waals surface area contributed by atoms with E-state index in [9.17, 15) is 14.7 Å². The number of carboxylic acids is 1. The Balaban J connectivity index is 1.28. The van der Waals surface area contributed by atoms with E-state index in [2.05, 4.69) is 41.5 Å². The number of carbonyl (C=O) groups is 2. The molecular formula is C37H40N2O6. The molecule has 0 unspecified atom stereocenters. The van der Waals surface area contributed by atoms with Crippen LogP contribution in [0.3, 0.4) is 0 Å². The van der Waals surface area contributed by atoms with E-state index >= 15 is 0 Å².